The van der Waals surface area contributed by atoms with E-state index in [0.717, 1.165) is 179 Å². The Hall–Kier alpha value is -17.2. The summed E-state index contributed by atoms with van der Waals surface area (Å²) in [7, 11) is 0. The smallest absolute Gasteiger partial charge is 0.0708 e. The van der Waals surface area contributed by atoms with Gasteiger partial charge in [-0.05, 0) is 265 Å². The van der Waals surface area contributed by atoms with Crippen molar-refractivity contribution in [2.75, 3.05) is 19.6 Å². The summed E-state index contributed by atoms with van der Waals surface area (Å²) in [5, 5.41) is 9.23. The van der Waals surface area contributed by atoms with Crippen LogP contribution in [-0.4, -0.2) is 19.9 Å². The first-order chi connectivity index (χ1) is 63.6. The van der Waals surface area contributed by atoms with Crippen molar-refractivity contribution in [3.63, 3.8) is 0 Å². The van der Waals surface area contributed by atoms with E-state index in [1.54, 1.807) is 0 Å². The zero-order valence-corrected chi connectivity index (χ0v) is 70.1. The SMILES string of the molecule is c1ccc(N(c2ccccc2)c2ccc(N(c3ccccc3)c3ccc4c(-c5ccccc5-c5ccccn5)c5ccccc5c(-c5ccccc5-c5ccccn5)c4c3)cc2)cc1.c1ccc(N(c2ccccc2)c2ccc(N(c3ccccc3)c3cccc4c(-c5ccccc5-c5ccccn5)c5ccccc5c(-c5ccccc5-c5ccccn5)c34)cc2)cc1. The Kier molecular flexibility index (Phi) is 21.8. The molecule has 0 bridgehead atoms. The minimum Gasteiger partial charge on any atom is -0.311 e. The molecule has 0 saturated carbocycles. The van der Waals surface area contributed by atoms with Crippen molar-refractivity contribution in [3.05, 3.63) is 510 Å². The van der Waals surface area contributed by atoms with Crippen molar-refractivity contribution in [2.45, 2.75) is 0 Å². The largest absolute Gasteiger partial charge is 0.311 e. The highest BCUT2D eigenvalue weighted by atomic mass is 15.2. The third-order valence-corrected chi connectivity index (χ3v) is 23.9. The Labute approximate surface area is 745 Å². The normalized spacial score (nSPS) is 11.1. The van der Waals surface area contributed by atoms with Gasteiger partial charge in [0.1, 0.15) is 0 Å². The summed E-state index contributed by atoms with van der Waals surface area (Å²) in [6.07, 6.45) is 7.50. The molecule has 0 N–H and O–H groups in total. The first kappa shape index (κ1) is 78.1. The molecule has 8 heteroatoms. The highest BCUT2D eigenvalue weighted by molar-refractivity contribution is 6.28. The van der Waals surface area contributed by atoms with E-state index >= 15 is 0 Å². The molecule has 0 fully saturated rings. The van der Waals surface area contributed by atoms with E-state index in [4.69, 9.17) is 19.9 Å². The third-order valence-electron chi connectivity index (χ3n) is 23.9. The van der Waals surface area contributed by atoms with E-state index in [1.807, 2.05) is 49.1 Å². The van der Waals surface area contributed by atoms with Crippen LogP contribution in [0.4, 0.5) is 68.2 Å². The zero-order valence-electron chi connectivity index (χ0n) is 70.1. The molecule has 4 heterocycles. The van der Waals surface area contributed by atoms with Gasteiger partial charge in [0, 0.05) is 121 Å². The van der Waals surface area contributed by atoms with E-state index in [-0.39, 0.29) is 0 Å². The molecule has 22 rings (SSSR count). The number of anilines is 12. The fourth-order valence-corrected chi connectivity index (χ4v) is 18.4. The van der Waals surface area contributed by atoms with Crippen LogP contribution in [0.2, 0.25) is 0 Å². The predicted molar refractivity (Wildman–Crippen MR) is 536 cm³/mol. The minimum absolute atomic E-state index is 0.925. The molecule has 22 aromatic rings. The first-order valence-electron chi connectivity index (χ1n) is 43.3. The van der Waals surface area contributed by atoms with Crippen molar-refractivity contribution in [1.29, 1.82) is 0 Å². The summed E-state index contributed by atoms with van der Waals surface area (Å²) < 4.78 is 0. The Balaban J connectivity index is 0.000000156. The van der Waals surface area contributed by atoms with Gasteiger partial charge in [0.15, 0.2) is 0 Å². The lowest BCUT2D eigenvalue weighted by molar-refractivity contribution is 1.26. The molecule has 0 aliphatic rings. The summed E-state index contributed by atoms with van der Waals surface area (Å²) in [5.41, 5.74) is 30.1. The summed E-state index contributed by atoms with van der Waals surface area (Å²) in [6.45, 7) is 0. The lowest BCUT2D eigenvalue weighted by atomic mass is 9.82. The molecule has 0 amide bonds. The maximum Gasteiger partial charge on any atom is 0.0708 e. The van der Waals surface area contributed by atoms with Crippen LogP contribution in [0.1, 0.15) is 0 Å². The van der Waals surface area contributed by atoms with Gasteiger partial charge in [0.05, 0.1) is 28.5 Å². The zero-order chi connectivity index (χ0) is 85.3. The van der Waals surface area contributed by atoms with E-state index in [0.29, 0.717) is 0 Å². The maximum atomic E-state index is 4.90. The average molecular weight is 1640 g/mol. The number of nitrogens with zero attached hydrogens (tertiary/aromatic N) is 8. The van der Waals surface area contributed by atoms with Crippen LogP contribution in [0.25, 0.3) is 133 Å². The number of para-hydroxylation sites is 6. The standard InChI is InChI=1S/2C60H42N4/c1-4-21-43(22-5-1)63(44-23-6-2-7-24-44)46-37-39-47(40-38-46)64(45-25-8-3-9-26-45)57-36-20-33-54-58(50-29-12-10-27-48(50)55-34-16-18-41-61-55)52-31-14-15-32-53(52)59(60(54)57)51-30-13-11-28-49(51)56-35-17-19-42-62-56;1-4-20-43(21-5-1)63(44-22-6-2-7-23-44)46-34-36-47(37-35-46)64(45-24-8-3-9-25-45)48-38-39-55-56(42-48)60(52-29-13-11-27-50(52)58-33-17-19-41-62-58)54-31-15-14-30-53(54)59(55)51-28-12-10-26-49(51)57-32-16-18-40-61-57/h2*1-42H. The topological polar surface area (TPSA) is 64.5 Å². The fraction of sp³-hybridized carbons (Fsp3) is 0. The molecule has 128 heavy (non-hydrogen) atoms. The Morgan fingerprint density at radius 1 is 0.133 bits per heavy atom. The molecule has 0 spiro atoms. The maximum absolute atomic E-state index is 4.90. The van der Waals surface area contributed by atoms with Crippen molar-refractivity contribution in [2.24, 2.45) is 0 Å². The number of pyridine rings is 4. The molecule has 4 aromatic heterocycles. The number of rotatable bonds is 20. The molecule has 0 aliphatic carbocycles. The number of fused-ring (bicyclic) bond motifs is 4. The van der Waals surface area contributed by atoms with Gasteiger partial charge in [0.2, 0.25) is 0 Å². The molecule has 0 radical (unpaired) electrons. The summed E-state index contributed by atoms with van der Waals surface area (Å²) in [4.78, 5) is 28.9. The molecule has 0 saturated heterocycles. The minimum atomic E-state index is 0.925. The fourth-order valence-electron chi connectivity index (χ4n) is 18.4. The van der Waals surface area contributed by atoms with Crippen molar-refractivity contribution in [3.8, 4) is 89.5 Å². The number of benzene rings is 18. The highest BCUT2D eigenvalue weighted by Gasteiger charge is 2.29. The first-order valence-corrected chi connectivity index (χ1v) is 43.3. The van der Waals surface area contributed by atoms with Crippen molar-refractivity contribution >= 4 is 111 Å². The third kappa shape index (κ3) is 15.3. The van der Waals surface area contributed by atoms with Gasteiger partial charge < -0.3 is 19.6 Å². The molecular weight excluding hydrogens is 1550 g/mol. The van der Waals surface area contributed by atoms with Crippen molar-refractivity contribution in [1.82, 2.24) is 19.9 Å². The predicted octanol–water partition coefficient (Wildman–Crippen LogP) is 32.8. The number of hydrogen-bond donors (Lipinski definition) is 0. The lowest BCUT2D eigenvalue weighted by Gasteiger charge is -2.30. The summed E-state index contributed by atoms with van der Waals surface area (Å²) in [6, 6.07) is 172. The molecule has 18 aromatic carbocycles. The Morgan fingerprint density at radius 2 is 0.352 bits per heavy atom. The van der Waals surface area contributed by atoms with Crippen LogP contribution in [-0.2, 0) is 0 Å². The van der Waals surface area contributed by atoms with Crippen LogP contribution in [0.15, 0.2) is 510 Å². The van der Waals surface area contributed by atoms with Crippen molar-refractivity contribution < 1.29 is 0 Å². The monoisotopic (exact) mass is 1640 g/mol. The Bertz CT molecular complexity index is 7450. The molecule has 0 unspecified atom stereocenters. The number of hydrogen-bond acceptors (Lipinski definition) is 8. The van der Waals surface area contributed by atoms with E-state index in [9.17, 15) is 0 Å². The lowest BCUT2D eigenvalue weighted by Crippen LogP contribution is -2.12. The molecule has 8 nitrogen and oxygen atoms in total. The van der Waals surface area contributed by atoms with Crippen LogP contribution < -0.4 is 19.6 Å². The van der Waals surface area contributed by atoms with Gasteiger partial charge in [-0.15, -0.1) is 0 Å². The number of aromatic nitrogens is 4. The van der Waals surface area contributed by atoms with Gasteiger partial charge in [-0.2, -0.15) is 0 Å². The van der Waals surface area contributed by atoms with E-state index in [2.05, 4.69) is 481 Å². The van der Waals surface area contributed by atoms with Gasteiger partial charge in [-0.25, -0.2) is 0 Å². The molecule has 0 atom stereocenters. The quantitative estimate of drug-likeness (QED) is 0.0700. The second kappa shape index (κ2) is 35.7. The highest BCUT2D eigenvalue weighted by Crippen LogP contribution is 2.55. The van der Waals surface area contributed by atoms with Crippen LogP contribution in [0.3, 0.4) is 0 Å². The van der Waals surface area contributed by atoms with Gasteiger partial charge >= 0.3 is 0 Å². The average Bonchev–Trinajstić information content (AvgIpc) is 0.669. The second-order valence-corrected chi connectivity index (χ2v) is 31.5. The van der Waals surface area contributed by atoms with E-state index in [1.165, 1.54) is 21.7 Å². The molecule has 604 valence electrons. The van der Waals surface area contributed by atoms with Gasteiger partial charge in [-0.3, -0.25) is 19.9 Å². The van der Waals surface area contributed by atoms with Gasteiger partial charge in [0.25, 0.3) is 0 Å². The van der Waals surface area contributed by atoms with Crippen LogP contribution >= 0.6 is 0 Å². The summed E-state index contributed by atoms with van der Waals surface area (Å²) in [5.74, 6) is 0. The second-order valence-electron chi connectivity index (χ2n) is 31.5. The van der Waals surface area contributed by atoms with Crippen LogP contribution in [0.5, 0.6) is 0 Å². The van der Waals surface area contributed by atoms with Crippen LogP contribution in [0, 0.1) is 0 Å². The molecular formula is C120H84N8. The molecule has 0 aliphatic heterocycles. The Morgan fingerprint density at radius 3 is 0.672 bits per heavy atom. The van der Waals surface area contributed by atoms with Gasteiger partial charge in [-0.1, -0.05) is 297 Å². The van der Waals surface area contributed by atoms with E-state index < -0.39 is 0 Å². The summed E-state index contributed by atoms with van der Waals surface area (Å²) >= 11 is 0.